The van der Waals surface area contributed by atoms with Crippen LogP contribution in [0.25, 0.3) is 11.5 Å². The van der Waals surface area contributed by atoms with E-state index in [2.05, 4.69) is 20.4 Å². The Bertz CT molecular complexity index is 1000. The van der Waals surface area contributed by atoms with E-state index in [9.17, 15) is 4.79 Å². The third-order valence-electron chi connectivity index (χ3n) is 5.18. The molecule has 0 saturated carbocycles. The number of nitrogens with one attached hydrogen (secondary N) is 1. The molecule has 1 atom stereocenters. The van der Waals surface area contributed by atoms with Crippen molar-refractivity contribution in [3.8, 4) is 23.0 Å². The van der Waals surface area contributed by atoms with Crippen LogP contribution >= 0.6 is 0 Å². The Morgan fingerprint density at radius 1 is 1.10 bits per heavy atom. The largest absolute Gasteiger partial charge is 0.463 e. The lowest BCUT2D eigenvalue weighted by atomic mass is 9.97. The van der Waals surface area contributed by atoms with E-state index < -0.39 is 0 Å². The minimum absolute atomic E-state index is 0.00581. The Labute approximate surface area is 167 Å². The van der Waals surface area contributed by atoms with Crippen molar-refractivity contribution in [3.63, 3.8) is 0 Å². The molecule has 148 valence electrons. The van der Waals surface area contributed by atoms with Crippen molar-refractivity contribution in [1.29, 1.82) is 0 Å². The molecule has 29 heavy (non-hydrogen) atoms. The average Bonchev–Trinajstić information content (AvgIpc) is 3.46. The molecule has 0 aliphatic carbocycles. The number of anilines is 2. The van der Waals surface area contributed by atoms with Crippen LogP contribution in [-0.2, 0) is 4.79 Å². The zero-order valence-electron chi connectivity index (χ0n) is 15.7. The highest BCUT2D eigenvalue weighted by Gasteiger charge is 2.27. The second kappa shape index (κ2) is 7.46. The minimum Gasteiger partial charge on any atom is -0.463 e. The van der Waals surface area contributed by atoms with Crippen LogP contribution in [0.5, 0.6) is 11.5 Å². The predicted molar refractivity (Wildman–Crippen MR) is 106 cm³/mol. The molecule has 0 spiro atoms. The number of hydrogen-bond donors (Lipinski definition) is 1. The van der Waals surface area contributed by atoms with Gasteiger partial charge < -0.3 is 24.1 Å². The molecule has 1 N–H and O–H groups in total. The number of piperidine rings is 1. The summed E-state index contributed by atoms with van der Waals surface area (Å²) in [4.78, 5) is 14.9. The summed E-state index contributed by atoms with van der Waals surface area (Å²) >= 11 is 0. The normalized spacial score (nSPS) is 17.9. The van der Waals surface area contributed by atoms with Gasteiger partial charge in [0.05, 0.1) is 12.2 Å². The van der Waals surface area contributed by atoms with Gasteiger partial charge in [-0.2, -0.15) is 0 Å². The lowest BCUT2D eigenvalue weighted by molar-refractivity contribution is -0.120. The smallest absolute Gasteiger partial charge is 0.231 e. The SMILES string of the molecule is O=C(Nc1ccc2c(c1)OCO2)[C@H]1CCCN(c2ccc(-c3ccco3)nn2)C1. The van der Waals surface area contributed by atoms with Gasteiger partial charge in [-0.25, -0.2) is 0 Å². The Morgan fingerprint density at radius 2 is 2.03 bits per heavy atom. The second-order valence-corrected chi connectivity index (χ2v) is 7.10. The number of carbonyl (C=O) groups excluding carboxylic acids is 1. The topological polar surface area (TPSA) is 89.7 Å². The van der Waals surface area contributed by atoms with Crippen LogP contribution in [0.1, 0.15) is 12.8 Å². The highest BCUT2D eigenvalue weighted by atomic mass is 16.7. The fourth-order valence-electron chi connectivity index (χ4n) is 3.67. The summed E-state index contributed by atoms with van der Waals surface area (Å²) in [5.41, 5.74) is 1.40. The number of benzene rings is 1. The van der Waals surface area contributed by atoms with E-state index in [-0.39, 0.29) is 18.6 Å². The molecule has 1 aromatic carbocycles. The molecule has 2 aliphatic rings. The fraction of sp³-hybridized carbons (Fsp3) is 0.286. The molecule has 0 radical (unpaired) electrons. The summed E-state index contributed by atoms with van der Waals surface area (Å²) in [6.45, 7) is 1.66. The van der Waals surface area contributed by atoms with E-state index in [4.69, 9.17) is 13.9 Å². The Balaban J connectivity index is 1.25. The van der Waals surface area contributed by atoms with Gasteiger partial charge in [-0.1, -0.05) is 0 Å². The van der Waals surface area contributed by atoms with Crippen LogP contribution in [0.15, 0.2) is 53.1 Å². The highest BCUT2D eigenvalue weighted by molar-refractivity contribution is 5.93. The van der Waals surface area contributed by atoms with Crippen LogP contribution in [0, 0.1) is 5.92 Å². The van der Waals surface area contributed by atoms with E-state index in [0.29, 0.717) is 35.2 Å². The number of carbonyl (C=O) groups is 1. The van der Waals surface area contributed by atoms with Gasteiger partial charge in [0, 0.05) is 24.8 Å². The molecular weight excluding hydrogens is 372 g/mol. The number of fused-ring (bicyclic) bond motifs is 1. The summed E-state index contributed by atoms with van der Waals surface area (Å²) in [6.07, 6.45) is 3.37. The van der Waals surface area contributed by atoms with E-state index in [1.54, 1.807) is 18.4 Å². The first-order valence-corrected chi connectivity index (χ1v) is 9.59. The summed E-state index contributed by atoms with van der Waals surface area (Å²) in [6, 6.07) is 12.9. The molecular formula is C21H20N4O4. The molecule has 8 heteroatoms. The molecule has 8 nitrogen and oxygen atoms in total. The maximum absolute atomic E-state index is 12.8. The van der Waals surface area contributed by atoms with Crippen LogP contribution in [0.3, 0.4) is 0 Å². The van der Waals surface area contributed by atoms with Crippen LogP contribution in [0.4, 0.5) is 11.5 Å². The second-order valence-electron chi connectivity index (χ2n) is 7.10. The van der Waals surface area contributed by atoms with Crippen LogP contribution in [-0.4, -0.2) is 36.0 Å². The van der Waals surface area contributed by atoms with Gasteiger partial charge in [0.1, 0.15) is 5.69 Å². The van der Waals surface area contributed by atoms with Crippen molar-refractivity contribution < 1.29 is 18.7 Å². The molecule has 5 rings (SSSR count). The van der Waals surface area contributed by atoms with Gasteiger partial charge in [-0.15, -0.1) is 10.2 Å². The molecule has 0 bridgehead atoms. The minimum atomic E-state index is -0.124. The van der Waals surface area contributed by atoms with Crippen molar-refractivity contribution in [2.24, 2.45) is 5.92 Å². The Hall–Kier alpha value is -3.55. The third-order valence-corrected chi connectivity index (χ3v) is 5.18. The predicted octanol–water partition coefficient (Wildman–Crippen LogP) is 3.32. The Morgan fingerprint density at radius 3 is 2.86 bits per heavy atom. The molecule has 1 saturated heterocycles. The number of ether oxygens (including phenoxy) is 2. The zero-order valence-corrected chi connectivity index (χ0v) is 15.7. The molecule has 1 amide bonds. The Kier molecular flexibility index (Phi) is 4.51. The van der Waals surface area contributed by atoms with Gasteiger partial charge in [-0.05, 0) is 49.2 Å². The monoisotopic (exact) mass is 392 g/mol. The average molecular weight is 392 g/mol. The number of hydrogen-bond acceptors (Lipinski definition) is 7. The molecule has 3 aromatic rings. The molecule has 0 unspecified atom stereocenters. The first kappa shape index (κ1) is 17.5. The zero-order chi connectivity index (χ0) is 19.6. The number of furan rings is 1. The highest BCUT2D eigenvalue weighted by Crippen LogP contribution is 2.34. The van der Waals surface area contributed by atoms with Crippen LogP contribution in [0.2, 0.25) is 0 Å². The van der Waals surface area contributed by atoms with Gasteiger partial charge in [0.25, 0.3) is 0 Å². The van der Waals surface area contributed by atoms with E-state index >= 15 is 0 Å². The quantitative estimate of drug-likeness (QED) is 0.728. The molecule has 4 heterocycles. The van der Waals surface area contributed by atoms with Gasteiger partial charge in [0.2, 0.25) is 12.7 Å². The van der Waals surface area contributed by atoms with Crippen molar-refractivity contribution in [2.45, 2.75) is 12.8 Å². The first-order valence-electron chi connectivity index (χ1n) is 9.59. The first-order chi connectivity index (χ1) is 14.3. The van der Waals surface area contributed by atoms with E-state index in [0.717, 1.165) is 25.2 Å². The summed E-state index contributed by atoms with van der Waals surface area (Å²) in [5, 5.41) is 11.6. The van der Waals surface area contributed by atoms with Crippen LogP contribution < -0.4 is 19.7 Å². The van der Waals surface area contributed by atoms with Crippen molar-refractivity contribution >= 4 is 17.4 Å². The summed E-state index contributed by atoms with van der Waals surface area (Å²) < 4.78 is 16.0. The summed E-state index contributed by atoms with van der Waals surface area (Å²) in [7, 11) is 0. The summed E-state index contributed by atoms with van der Waals surface area (Å²) in [5.74, 6) is 2.67. The number of nitrogens with zero attached hydrogens (tertiary/aromatic N) is 3. The molecule has 2 aliphatic heterocycles. The molecule has 1 fully saturated rings. The van der Waals surface area contributed by atoms with Crippen molar-refractivity contribution in [1.82, 2.24) is 10.2 Å². The van der Waals surface area contributed by atoms with E-state index in [1.165, 1.54) is 0 Å². The van der Waals surface area contributed by atoms with Gasteiger partial charge >= 0.3 is 0 Å². The van der Waals surface area contributed by atoms with Gasteiger partial charge in [0.15, 0.2) is 23.1 Å². The number of amides is 1. The number of rotatable bonds is 4. The lowest BCUT2D eigenvalue weighted by Gasteiger charge is -2.32. The number of aromatic nitrogens is 2. The van der Waals surface area contributed by atoms with Crippen molar-refractivity contribution in [3.05, 3.63) is 48.7 Å². The maximum atomic E-state index is 12.8. The van der Waals surface area contributed by atoms with Gasteiger partial charge in [-0.3, -0.25) is 4.79 Å². The standard InChI is InChI=1S/C21H20N4O4/c26-21(22-15-5-7-18-19(11-15)29-13-28-18)14-3-1-9-25(12-14)20-8-6-16(23-24-20)17-4-2-10-27-17/h2,4-8,10-11,14H,1,3,9,12-13H2,(H,22,26)/t14-/m0/s1. The lowest BCUT2D eigenvalue weighted by Crippen LogP contribution is -2.41. The maximum Gasteiger partial charge on any atom is 0.231 e. The fourth-order valence-corrected chi connectivity index (χ4v) is 3.67. The third kappa shape index (κ3) is 3.61. The van der Waals surface area contributed by atoms with E-state index in [1.807, 2.05) is 30.3 Å². The molecule has 2 aromatic heterocycles. The van der Waals surface area contributed by atoms with Crippen molar-refractivity contribution in [2.75, 3.05) is 30.1 Å².